The van der Waals surface area contributed by atoms with Crippen LogP contribution in [0.25, 0.3) is 11.1 Å². The number of hydrogen-bond donors (Lipinski definition) is 1. The van der Waals surface area contributed by atoms with E-state index in [9.17, 15) is 14.0 Å². The molecule has 0 aliphatic heterocycles. The number of carbonyl (C=O) groups is 2. The summed E-state index contributed by atoms with van der Waals surface area (Å²) in [5.41, 5.74) is 8.22. The molecule has 1 aliphatic carbocycles. The Bertz CT molecular complexity index is 1250. The molecular weight excluding hydrogens is 469 g/mol. The first-order valence-corrected chi connectivity index (χ1v) is 12.0. The highest BCUT2D eigenvalue weighted by Crippen LogP contribution is 2.36. The van der Waals surface area contributed by atoms with Gasteiger partial charge in [0.15, 0.2) is 11.6 Å². The number of anilines is 1. The molecule has 0 spiro atoms. The van der Waals surface area contributed by atoms with Crippen molar-refractivity contribution in [2.24, 2.45) is 5.73 Å². The van der Waals surface area contributed by atoms with E-state index in [1.165, 1.54) is 30.1 Å². The summed E-state index contributed by atoms with van der Waals surface area (Å²) in [7, 11) is 1.51. The van der Waals surface area contributed by atoms with Crippen LogP contribution >= 0.6 is 11.6 Å². The molecule has 0 radical (unpaired) electrons. The first kappa shape index (κ1) is 24.7. The highest BCUT2D eigenvalue weighted by atomic mass is 35.5. The van der Waals surface area contributed by atoms with Gasteiger partial charge >= 0.3 is 0 Å². The number of carbonyl (C=O) groups excluding carboxylic acids is 2. The lowest BCUT2D eigenvalue weighted by Crippen LogP contribution is -2.29. The summed E-state index contributed by atoms with van der Waals surface area (Å²) in [6, 6.07) is 11.2. The minimum atomic E-state index is -0.708. The Morgan fingerprint density at radius 3 is 2.60 bits per heavy atom. The Morgan fingerprint density at radius 2 is 1.94 bits per heavy atom. The number of benzene rings is 2. The van der Waals surface area contributed by atoms with E-state index in [1.807, 2.05) is 19.1 Å². The van der Waals surface area contributed by atoms with Crippen LogP contribution in [0.15, 0.2) is 48.7 Å². The van der Waals surface area contributed by atoms with Crippen molar-refractivity contribution in [1.82, 2.24) is 4.98 Å². The van der Waals surface area contributed by atoms with E-state index >= 15 is 0 Å². The molecule has 0 bridgehead atoms. The van der Waals surface area contributed by atoms with Gasteiger partial charge in [-0.1, -0.05) is 30.7 Å². The minimum absolute atomic E-state index is 0.00560. The number of nitrogens with zero attached hydrogens (tertiary/aromatic N) is 2. The fourth-order valence-corrected chi connectivity index (χ4v) is 4.63. The van der Waals surface area contributed by atoms with Crippen molar-refractivity contribution in [2.75, 3.05) is 11.9 Å². The van der Waals surface area contributed by atoms with Crippen molar-refractivity contribution in [2.45, 2.75) is 45.1 Å². The molecule has 1 aliphatic rings. The first-order chi connectivity index (χ1) is 16.8. The standard InChI is InChI=1S/C27H27ClFN3O3/c1-3-16-11-12-17(25(30)33)13-20(16)18-14-23(35-19-7-4-5-8-19)26(31-15-18)32(2)27(34)24-21(28)9-6-10-22(24)29/h6,9-15,19H,3-5,7-8H2,1-2H3,(H2,30,33). The summed E-state index contributed by atoms with van der Waals surface area (Å²) >= 11 is 6.14. The zero-order valence-corrected chi connectivity index (χ0v) is 20.4. The van der Waals surface area contributed by atoms with Crippen molar-refractivity contribution >= 4 is 29.2 Å². The fraction of sp³-hybridized carbons (Fsp3) is 0.296. The Kier molecular flexibility index (Phi) is 7.36. The number of rotatable bonds is 7. The van der Waals surface area contributed by atoms with Gasteiger partial charge in [0.25, 0.3) is 5.91 Å². The van der Waals surface area contributed by atoms with Crippen molar-refractivity contribution < 1.29 is 18.7 Å². The van der Waals surface area contributed by atoms with Crippen molar-refractivity contribution in [3.63, 3.8) is 0 Å². The number of amides is 2. The van der Waals surface area contributed by atoms with Gasteiger partial charge in [0.05, 0.1) is 16.7 Å². The Hall–Kier alpha value is -3.45. The van der Waals surface area contributed by atoms with E-state index in [4.69, 9.17) is 22.1 Å². The lowest BCUT2D eigenvalue weighted by molar-refractivity contribution is 0.0983. The quantitative estimate of drug-likeness (QED) is 0.449. The molecule has 35 heavy (non-hydrogen) atoms. The summed E-state index contributed by atoms with van der Waals surface area (Å²) in [5, 5.41) is 0.0209. The van der Waals surface area contributed by atoms with E-state index in [-0.39, 0.29) is 22.5 Å². The molecule has 1 saturated carbocycles. The van der Waals surface area contributed by atoms with Gasteiger partial charge in [-0.25, -0.2) is 9.37 Å². The Labute approximate surface area is 208 Å². The Balaban J connectivity index is 1.79. The summed E-state index contributed by atoms with van der Waals surface area (Å²) < 4.78 is 20.8. The van der Waals surface area contributed by atoms with E-state index in [2.05, 4.69) is 4.98 Å². The van der Waals surface area contributed by atoms with E-state index in [1.54, 1.807) is 18.3 Å². The fourth-order valence-electron chi connectivity index (χ4n) is 4.38. The number of primary amides is 1. The summed E-state index contributed by atoms with van der Waals surface area (Å²) in [5.74, 6) is -1.19. The summed E-state index contributed by atoms with van der Waals surface area (Å²) in [6.07, 6.45) is 6.27. The molecule has 6 nitrogen and oxygen atoms in total. The molecule has 1 fully saturated rings. The number of halogens is 2. The van der Waals surface area contributed by atoms with E-state index in [0.717, 1.165) is 48.8 Å². The van der Waals surface area contributed by atoms with Crippen LogP contribution in [0.3, 0.4) is 0 Å². The van der Waals surface area contributed by atoms with Crippen molar-refractivity contribution in [3.8, 4) is 16.9 Å². The predicted molar refractivity (Wildman–Crippen MR) is 135 cm³/mol. The molecule has 1 heterocycles. The second kappa shape index (κ2) is 10.4. The predicted octanol–water partition coefficient (Wildman–Crippen LogP) is 5.80. The van der Waals surface area contributed by atoms with Gasteiger partial charge in [0.2, 0.25) is 5.91 Å². The minimum Gasteiger partial charge on any atom is -0.487 e. The maximum absolute atomic E-state index is 14.5. The van der Waals surface area contributed by atoms with Crippen LogP contribution in [0.5, 0.6) is 5.75 Å². The second-order valence-corrected chi connectivity index (χ2v) is 9.03. The molecule has 0 unspecified atom stereocenters. The van der Waals surface area contributed by atoms with Gasteiger partial charge in [0.1, 0.15) is 5.82 Å². The number of hydrogen-bond acceptors (Lipinski definition) is 4. The largest absolute Gasteiger partial charge is 0.487 e. The monoisotopic (exact) mass is 495 g/mol. The third kappa shape index (κ3) is 5.15. The van der Waals surface area contributed by atoms with Crippen molar-refractivity contribution in [1.29, 1.82) is 0 Å². The zero-order valence-electron chi connectivity index (χ0n) is 19.7. The third-order valence-electron chi connectivity index (χ3n) is 6.31. The van der Waals surface area contributed by atoms with Crippen LogP contribution in [0.4, 0.5) is 10.2 Å². The van der Waals surface area contributed by atoms with E-state index in [0.29, 0.717) is 11.3 Å². The van der Waals surface area contributed by atoms with Gasteiger partial charge in [0, 0.05) is 24.4 Å². The van der Waals surface area contributed by atoms with Gasteiger partial charge in [-0.2, -0.15) is 0 Å². The molecule has 2 amide bonds. The SMILES string of the molecule is CCc1ccc(C(N)=O)cc1-c1cnc(N(C)C(=O)c2c(F)cccc2Cl)c(OC2CCCC2)c1. The molecular formula is C27H27ClFN3O3. The number of aromatic nitrogens is 1. The average molecular weight is 496 g/mol. The number of aryl methyl sites for hydroxylation is 1. The molecule has 4 rings (SSSR count). The maximum atomic E-state index is 14.5. The number of ether oxygens (including phenoxy) is 1. The normalized spacial score (nSPS) is 13.6. The van der Waals surface area contributed by atoms with Gasteiger partial charge < -0.3 is 10.5 Å². The second-order valence-electron chi connectivity index (χ2n) is 8.62. The summed E-state index contributed by atoms with van der Waals surface area (Å²) in [6.45, 7) is 2.02. The van der Waals surface area contributed by atoms with Gasteiger partial charge in [-0.05, 0) is 73.6 Å². The van der Waals surface area contributed by atoms with Crippen LogP contribution in [-0.4, -0.2) is 29.9 Å². The lowest BCUT2D eigenvalue weighted by atomic mass is 9.96. The molecule has 182 valence electrons. The zero-order chi connectivity index (χ0) is 25.1. The highest BCUT2D eigenvalue weighted by Gasteiger charge is 2.26. The topological polar surface area (TPSA) is 85.5 Å². The van der Waals surface area contributed by atoms with Crippen LogP contribution in [0, 0.1) is 5.82 Å². The first-order valence-electron chi connectivity index (χ1n) is 11.6. The maximum Gasteiger partial charge on any atom is 0.263 e. The highest BCUT2D eigenvalue weighted by molar-refractivity contribution is 6.34. The van der Waals surface area contributed by atoms with Gasteiger partial charge in [-0.3, -0.25) is 14.5 Å². The Morgan fingerprint density at radius 1 is 1.20 bits per heavy atom. The molecule has 0 atom stereocenters. The third-order valence-corrected chi connectivity index (χ3v) is 6.63. The molecule has 2 aromatic carbocycles. The molecule has 1 aromatic heterocycles. The van der Waals surface area contributed by atoms with Crippen LogP contribution < -0.4 is 15.4 Å². The van der Waals surface area contributed by atoms with Crippen LogP contribution in [0.2, 0.25) is 5.02 Å². The van der Waals surface area contributed by atoms with Crippen LogP contribution in [-0.2, 0) is 6.42 Å². The van der Waals surface area contributed by atoms with E-state index < -0.39 is 17.6 Å². The summed E-state index contributed by atoms with van der Waals surface area (Å²) in [4.78, 5) is 30.8. The van der Waals surface area contributed by atoms with Crippen molar-refractivity contribution in [3.05, 3.63) is 76.2 Å². The molecule has 2 N–H and O–H groups in total. The number of nitrogens with two attached hydrogens (primary N) is 1. The average Bonchev–Trinajstić information content (AvgIpc) is 3.36. The smallest absolute Gasteiger partial charge is 0.263 e. The molecule has 0 saturated heterocycles. The lowest BCUT2D eigenvalue weighted by Gasteiger charge is -2.23. The number of pyridine rings is 1. The van der Waals surface area contributed by atoms with Gasteiger partial charge in [-0.15, -0.1) is 0 Å². The van der Waals surface area contributed by atoms with Crippen LogP contribution in [0.1, 0.15) is 58.9 Å². The molecule has 3 aromatic rings. The molecule has 8 heteroatoms.